The first-order chi connectivity index (χ1) is 7.20. The fourth-order valence-electron chi connectivity index (χ4n) is 1.22. The molecule has 1 N–H and O–H groups in total. The molecule has 1 aliphatic rings. The van der Waals surface area contributed by atoms with Gasteiger partial charge in [0, 0.05) is 18.2 Å². The normalized spacial score (nSPS) is 14.7. The predicted octanol–water partition coefficient (Wildman–Crippen LogP) is 1.57. The Morgan fingerprint density at radius 1 is 1.60 bits per heavy atom. The molecule has 0 saturated heterocycles. The number of hydrogen-bond donors (Lipinski definition) is 1. The zero-order chi connectivity index (χ0) is 10.8. The molecule has 0 aliphatic heterocycles. The number of ether oxygens (including phenoxy) is 1. The molecule has 6 heteroatoms. The Kier molecular flexibility index (Phi) is 2.40. The standard InChI is InChI=1S/C9H11N3O3/c1-15-8-5-4-7(12(13)14)9(11-8)10-6-2-3-6/h4-6H,2-3H2,1H3,(H,10,11). The van der Waals surface area contributed by atoms with Gasteiger partial charge in [-0.05, 0) is 12.8 Å². The number of nitrogens with zero attached hydrogens (tertiary/aromatic N) is 2. The third-order valence-corrected chi connectivity index (χ3v) is 2.17. The molecule has 1 fully saturated rings. The Bertz CT molecular complexity index is 390. The van der Waals surface area contributed by atoms with E-state index in [9.17, 15) is 10.1 Å². The van der Waals surface area contributed by atoms with E-state index >= 15 is 0 Å². The fraction of sp³-hybridized carbons (Fsp3) is 0.444. The van der Waals surface area contributed by atoms with Gasteiger partial charge in [0.1, 0.15) is 0 Å². The summed E-state index contributed by atoms with van der Waals surface area (Å²) in [5.74, 6) is 0.672. The maximum atomic E-state index is 10.7. The molecule has 1 aromatic rings. The molecule has 1 aromatic heterocycles. The van der Waals surface area contributed by atoms with Crippen LogP contribution in [0.1, 0.15) is 12.8 Å². The maximum absolute atomic E-state index is 10.7. The molecule has 15 heavy (non-hydrogen) atoms. The number of nitro groups is 1. The van der Waals surface area contributed by atoms with E-state index in [-0.39, 0.29) is 5.69 Å². The summed E-state index contributed by atoms with van der Waals surface area (Å²) in [5.41, 5.74) is -0.0114. The van der Waals surface area contributed by atoms with Crippen LogP contribution in [0.5, 0.6) is 5.88 Å². The molecule has 2 rings (SSSR count). The molecule has 0 amide bonds. The number of hydrogen-bond acceptors (Lipinski definition) is 5. The average molecular weight is 209 g/mol. The maximum Gasteiger partial charge on any atom is 0.311 e. The van der Waals surface area contributed by atoms with Crippen LogP contribution in [-0.4, -0.2) is 23.1 Å². The highest BCUT2D eigenvalue weighted by molar-refractivity contribution is 5.58. The molecule has 80 valence electrons. The van der Waals surface area contributed by atoms with Crippen LogP contribution >= 0.6 is 0 Å². The van der Waals surface area contributed by atoms with Gasteiger partial charge in [-0.2, -0.15) is 4.98 Å². The highest BCUT2D eigenvalue weighted by Crippen LogP contribution is 2.30. The van der Waals surface area contributed by atoms with Crippen molar-refractivity contribution in [2.24, 2.45) is 0 Å². The molecule has 0 atom stereocenters. The molecule has 0 bridgehead atoms. The first-order valence-corrected chi connectivity index (χ1v) is 4.66. The van der Waals surface area contributed by atoms with Crippen molar-refractivity contribution in [1.82, 2.24) is 4.98 Å². The van der Waals surface area contributed by atoms with Crippen LogP contribution in [0.2, 0.25) is 0 Å². The number of rotatable bonds is 4. The van der Waals surface area contributed by atoms with Crippen molar-refractivity contribution in [3.63, 3.8) is 0 Å². The second kappa shape index (κ2) is 3.72. The van der Waals surface area contributed by atoms with Crippen molar-refractivity contribution in [1.29, 1.82) is 0 Å². The van der Waals surface area contributed by atoms with Crippen LogP contribution < -0.4 is 10.1 Å². The van der Waals surface area contributed by atoms with E-state index < -0.39 is 4.92 Å². The molecule has 0 aromatic carbocycles. The highest BCUT2D eigenvalue weighted by atomic mass is 16.6. The second-order valence-electron chi connectivity index (χ2n) is 3.40. The zero-order valence-corrected chi connectivity index (χ0v) is 8.27. The molecule has 1 aliphatic carbocycles. The summed E-state index contributed by atoms with van der Waals surface area (Å²) in [6.45, 7) is 0. The van der Waals surface area contributed by atoms with Gasteiger partial charge in [-0.3, -0.25) is 10.1 Å². The molecular formula is C9H11N3O3. The smallest absolute Gasteiger partial charge is 0.311 e. The van der Waals surface area contributed by atoms with E-state index in [4.69, 9.17) is 4.74 Å². The lowest BCUT2D eigenvalue weighted by molar-refractivity contribution is -0.384. The Morgan fingerprint density at radius 2 is 2.33 bits per heavy atom. The summed E-state index contributed by atoms with van der Waals surface area (Å²) < 4.78 is 4.92. The lowest BCUT2D eigenvalue weighted by Crippen LogP contribution is -2.06. The van der Waals surface area contributed by atoms with E-state index in [1.54, 1.807) is 0 Å². The third kappa shape index (κ3) is 2.15. The number of nitrogens with one attached hydrogen (secondary N) is 1. The fourth-order valence-corrected chi connectivity index (χ4v) is 1.22. The van der Waals surface area contributed by atoms with Gasteiger partial charge in [-0.15, -0.1) is 0 Å². The lowest BCUT2D eigenvalue weighted by atomic mass is 10.4. The molecule has 0 spiro atoms. The van der Waals surface area contributed by atoms with Crippen molar-refractivity contribution in [3.8, 4) is 5.88 Å². The van der Waals surface area contributed by atoms with Crippen molar-refractivity contribution >= 4 is 11.5 Å². The number of aromatic nitrogens is 1. The molecule has 6 nitrogen and oxygen atoms in total. The lowest BCUT2D eigenvalue weighted by Gasteiger charge is -2.05. The van der Waals surface area contributed by atoms with Crippen molar-refractivity contribution < 1.29 is 9.66 Å². The summed E-state index contributed by atoms with van der Waals surface area (Å²) in [4.78, 5) is 14.3. The van der Waals surface area contributed by atoms with Gasteiger partial charge in [0.2, 0.25) is 11.7 Å². The van der Waals surface area contributed by atoms with Gasteiger partial charge in [0.05, 0.1) is 12.0 Å². The summed E-state index contributed by atoms with van der Waals surface area (Å²) in [7, 11) is 1.48. The van der Waals surface area contributed by atoms with Gasteiger partial charge in [0.25, 0.3) is 0 Å². The van der Waals surface area contributed by atoms with Gasteiger partial charge < -0.3 is 10.1 Å². The largest absolute Gasteiger partial charge is 0.481 e. The van der Waals surface area contributed by atoms with Gasteiger partial charge >= 0.3 is 5.69 Å². The van der Waals surface area contributed by atoms with E-state index in [0.717, 1.165) is 12.8 Å². The van der Waals surface area contributed by atoms with Crippen molar-refractivity contribution in [3.05, 3.63) is 22.2 Å². The van der Waals surface area contributed by atoms with Crippen LogP contribution in [0, 0.1) is 10.1 Å². The Labute approximate surface area is 86.4 Å². The molecule has 0 radical (unpaired) electrons. The molecule has 1 heterocycles. The third-order valence-electron chi connectivity index (χ3n) is 2.17. The van der Waals surface area contributed by atoms with E-state index in [1.807, 2.05) is 0 Å². The minimum atomic E-state index is -0.447. The number of pyridine rings is 1. The topological polar surface area (TPSA) is 77.3 Å². The monoisotopic (exact) mass is 209 g/mol. The minimum Gasteiger partial charge on any atom is -0.481 e. The molecular weight excluding hydrogens is 198 g/mol. The Hall–Kier alpha value is -1.85. The highest BCUT2D eigenvalue weighted by Gasteiger charge is 2.26. The number of methoxy groups -OCH3 is 1. The summed E-state index contributed by atoms with van der Waals surface area (Å²) in [6, 6.07) is 3.20. The summed E-state index contributed by atoms with van der Waals surface area (Å²) >= 11 is 0. The summed E-state index contributed by atoms with van der Waals surface area (Å²) in [6.07, 6.45) is 2.08. The molecule has 1 saturated carbocycles. The predicted molar refractivity (Wildman–Crippen MR) is 54.1 cm³/mol. The van der Waals surface area contributed by atoms with Crippen molar-refractivity contribution in [2.45, 2.75) is 18.9 Å². The second-order valence-corrected chi connectivity index (χ2v) is 3.40. The molecule has 0 unspecified atom stereocenters. The average Bonchev–Trinajstić information content (AvgIpc) is 3.01. The minimum absolute atomic E-state index is 0.0114. The Morgan fingerprint density at radius 3 is 2.87 bits per heavy atom. The van der Waals surface area contributed by atoms with E-state index in [1.165, 1.54) is 19.2 Å². The van der Waals surface area contributed by atoms with E-state index in [2.05, 4.69) is 10.3 Å². The quantitative estimate of drug-likeness (QED) is 0.601. The van der Waals surface area contributed by atoms with Crippen LogP contribution in [-0.2, 0) is 0 Å². The first kappa shape index (κ1) is 9.70. The van der Waals surface area contributed by atoms with Crippen LogP contribution in [0.15, 0.2) is 12.1 Å². The van der Waals surface area contributed by atoms with Gasteiger partial charge in [-0.1, -0.05) is 0 Å². The van der Waals surface area contributed by atoms with E-state index in [0.29, 0.717) is 17.7 Å². The Balaban J connectivity index is 2.30. The van der Waals surface area contributed by atoms with Gasteiger partial charge in [-0.25, -0.2) is 0 Å². The van der Waals surface area contributed by atoms with Crippen LogP contribution in [0.25, 0.3) is 0 Å². The SMILES string of the molecule is COc1ccc([N+](=O)[O-])c(NC2CC2)n1. The summed E-state index contributed by atoms with van der Waals surface area (Å²) in [5, 5.41) is 13.7. The first-order valence-electron chi connectivity index (χ1n) is 4.66. The van der Waals surface area contributed by atoms with Gasteiger partial charge in [0.15, 0.2) is 0 Å². The van der Waals surface area contributed by atoms with Crippen molar-refractivity contribution in [2.75, 3.05) is 12.4 Å². The number of anilines is 1. The zero-order valence-electron chi connectivity index (χ0n) is 8.27. The van der Waals surface area contributed by atoms with Crippen LogP contribution in [0.4, 0.5) is 11.5 Å². The van der Waals surface area contributed by atoms with Crippen LogP contribution in [0.3, 0.4) is 0 Å².